The first-order valence-electron chi connectivity index (χ1n) is 7.92. The second-order valence-corrected chi connectivity index (χ2v) is 6.86. The zero-order chi connectivity index (χ0) is 14.6. The molecule has 0 amide bonds. The third-order valence-corrected chi connectivity index (χ3v) is 5.99. The van der Waals surface area contributed by atoms with E-state index in [4.69, 9.17) is 0 Å². The number of hydrogen-bond acceptors (Lipinski definition) is 3. The number of nitrogens with one attached hydrogen (secondary N) is 1. The molecule has 4 nitrogen and oxygen atoms in total. The van der Waals surface area contributed by atoms with Crippen LogP contribution in [0.25, 0.3) is 0 Å². The maximum absolute atomic E-state index is 11.6. The van der Waals surface area contributed by atoms with E-state index >= 15 is 0 Å². The van der Waals surface area contributed by atoms with Crippen LogP contribution in [0.15, 0.2) is 18.2 Å². The molecule has 1 aromatic rings. The molecule has 1 aromatic carbocycles. The zero-order valence-corrected chi connectivity index (χ0v) is 12.0. The monoisotopic (exact) mass is 287 g/mol. The third kappa shape index (κ3) is 1.75. The number of fused-ring (bicyclic) bond motifs is 1. The number of phenolic OH excluding ortho intramolecular Hbond substituents is 1. The number of aromatic hydroxyl groups is 1. The highest BCUT2D eigenvalue weighted by Gasteiger charge is 2.55. The molecule has 4 heteroatoms. The first-order valence-corrected chi connectivity index (χ1v) is 7.92. The number of phenols is 1. The van der Waals surface area contributed by atoms with Crippen LogP contribution in [0.4, 0.5) is 0 Å². The van der Waals surface area contributed by atoms with Gasteiger partial charge in [0.25, 0.3) is 0 Å². The maximum Gasteiger partial charge on any atom is 0.308 e. The Morgan fingerprint density at radius 3 is 3.00 bits per heavy atom. The largest absolute Gasteiger partial charge is 0.508 e. The van der Waals surface area contributed by atoms with Crippen LogP contribution in [0.2, 0.25) is 0 Å². The van der Waals surface area contributed by atoms with Crippen molar-refractivity contribution < 1.29 is 15.0 Å². The smallest absolute Gasteiger partial charge is 0.308 e. The quantitative estimate of drug-likeness (QED) is 0.741. The molecule has 1 saturated heterocycles. The van der Waals surface area contributed by atoms with E-state index in [1.54, 1.807) is 6.07 Å². The van der Waals surface area contributed by atoms with Crippen LogP contribution in [0.1, 0.15) is 36.8 Å². The van der Waals surface area contributed by atoms with Gasteiger partial charge in [0, 0.05) is 12.1 Å². The Morgan fingerprint density at radius 2 is 2.19 bits per heavy atom. The molecule has 4 unspecified atom stereocenters. The Morgan fingerprint density at radius 1 is 1.33 bits per heavy atom. The molecular weight excluding hydrogens is 266 g/mol. The summed E-state index contributed by atoms with van der Waals surface area (Å²) >= 11 is 0. The van der Waals surface area contributed by atoms with Gasteiger partial charge in [-0.05, 0) is 54.4 Å². The van der Waals surface area contributed by atoms with Crippen LogP contribution >= 0.6 is 0 Å². The second-order valence-electron chi connectivity index (χ2n) is 6.86. The van der Waals surface area contributed by atoms with Crippen molar-refractivity contribution in [1.29, 1.82) is 0 Å². The highest BCUT2D eigenvalue weighted by molar-refractivity contribution is 5.71. The molecule has 2 bridgehead atoms. The lowest BCUT2D eigenvalue weighted by Gasteiger charge is -2.57. The van der Waals surface area contributed by atoms with Gasteiger partial charge in [0.05, 0.1) is 5.92 Å². The average Bonchev–Trinajstić information content (AvgIpc) is 2.48. The zero-order valence-electron chi connectivity index (χ0n) is 12.0. The lowest BCUT2D eigenvalue weighted by atomic mass is 9.54. The van der Waals surface area contributed by atoms with Gasteiger partial charge in [0.1, 0.15) is 5.75 Å². The number of carboxylic acids is 1. The summed E-state index contributed by atoms with van der Waals surface area (Å²) in [6.45, 7) is 0.547. The molecule has 1 aliphatic heterocycles. The molecule has 3 N–H and O–H groups in total. The van der Waals surface area contributed by atoms with Gasteiger partial charge in [0.2, 0.25) is 0 Å². The molecule has 4 rings (SSSR count). The molecular formula is C17H21NO3. The minimum Gasteiger partial charge on any atom is -0.508 e. The summed E-state index contributed by atoms with van der Waals surface area (Å²) in [5.41, 5.74) is 2.32. The highest BCUT2D eigenvalue weighted by Crippen LogP contribution is 2.55. The number of benzene rings is 1. The van der Waals surface area contributed by atoms with Crippen molar-refractivity contribution in [3.8, 4) is 5.75 Å². The van der Waals surface area contributed by atoms with Crippen LogP contribution in [0.3, 0.4) is 0 Å². The number of aliphatic carboxylic acids is 1. The first kappa shape index (κ1) is 13.1. The predicted octanol–water partition coefficient (Wildman–Crippen LogP) is 2.25. The molecule has 1 saturated carbocycles. The van der Waals surface area contributed by atoms with E-state index in [-0.39, 0.29) is 17.4 Å². The average molecular weight is 287 g/mol. The molecule has 21 heavy (non-hydrogen) atoms. The summed E-state index contributed by atoms with van der Waals surface area (Å²) in [6.07, 6.45) is 5.34. The minimum absolute atomic E-state index is 0.110. The lowest BCUT2D eigenvalue weighted by molar-refractivity contribution is -0.148. The molecule has 112 valence electrons. The number of hydrogen-bond donors (Lipinski definition) is 3. The normalized spacial score (nSPS) is 37.4. The number of carbonyl (C=O) groups is 1. The number of piperidine rings is 1. The molecule has 0 radical (unpaired) electrons. The van der Waals surface area contributed by atoms with E-state index in [1.807, 2.05) is 12.1 Å². The Balaban J connectivity index is 1.87. The second kappa shape index (κ2) is 4.47. The minimum atomic E-state index is -0.672. The first-order chi connectivity index (χ1) is 10.1. The Bertz CT molecular complexity index is 600. The Hall–Kier alpha value is -1.55. The topological polar surface area (TPSA) is 69.6 Å². The van der Waals surface area contributed by atoms with Gasteiger partial charge in [-0.25, -0.2) is 0 Å². The Kier molecular flexibility index (Phi) is 2.80. The highest BCUT2D eigenvalue weighted by atomic mass is 16.4. The third-order valence-electron chi connectivity index (χ3n) is 5.99. The van der Waals surface area contributed by atoms with Gasteiger partial charge in [-0.2, -0.15) is 0 Å². The molecule has 1 heterocycles. The summed E-state index contributed by atoms with van der Waals surface area (Å²) in [5.74, 6) is -0.0402. The molecule has 2 aliphatic carbocycles. The van der Waals surface area contributed by atoms with Crippen LogP contribution in [0, 0.1) is 17.8 Å². The van der Waals surface area contributed by atoms with Crippen molar-refractivity contribution in [2.45, 2.75) is 37.6 Å². The summed E-state index contributed by atoms with van der Waals surface area (Å²) in [7, 11) is 0. The van der Waals surface area contributed by atoms with Gasteiger partial charge in [-0.3, -0.25) is 4.79 Å². The van der Waals surface area contributed by atoms with Crippen molar-refractivity contribution in [3.63, 3.8) is 0 Å². The fourth-order valence-corrected chi connectivity index (χ4v) is 5.12. The van der Waals surface area contributed by atoms with Crippen LogP contribution in [-0.4, -0.2) is 22.7 Å². The van der Waals surface area contributed by atoms with E-state index in [2.05, 4.69) is 5.32 Å². The van der Waals surface area contributed by atoms with Crippen molar-refractivity contribution in [3.05, 3.63) is 29.3 Å². The number of rotatable bonds is 1. The summed E-state index contributed by atoms with van der Waals surface area (Å²) in [5, 5.41) is 23.0. The summed E-state index contributed by atoms with van der Waals surface area (Å²) < 4.78 is 0. The van der Waals surface area contributed by atoms with Crippen LogP contribution in [0.5, 0.6) is 5.75 Å². The summed E-state index contributed by atoms with van der Waals surface area (Å²) in [6, 6.07) is 5.61. The molecule has 0 spiro atoms. The van der Waals surface area contributed by atoms with Gasteiger partial charge in [-0.15, -0.1) is 0 Å². The van der Waals surface area contributed by atoms with Crippen molar-refractivity contribution in [1.82, 2.24) is 5.32 Å². The van der Waals surface area contributed by atoms with E-state index in [0.29, 0.717) is 18.2 Å². The number of carboxylic acid groups (broad SMARTS) is 1. The molecule has 4 atom stereocenters. The van der Waals surface area contributed by atoms with Crippen molar-refractivity contribution in [2.75, 3.05) is 6.54 Å². The van der Waals surface area contributed by atoms with E-state index in [9.17, 15) is 15.0 Å². The maximum atomic E-state index is 11.6. The van der Waals surface area contributed by atoms with Gasteiger partial charge in [-0.1, -0.05) is 18.9 Å². The van der Waals surface area contributed by atoms with Crippen molar-refractivity contribution >= 4 is 5.97 Å². The van der Waals surface area contributed by atoms with Crippen LogP contribution < -0.4 is 5.32 Å². The molecule has 3 aliphatic rings. The SMILES string of the molecule is O=C(O)C1CNC23CCCCC2C1Cc1ccc(O)cc13. The lowest BCUT2D eigenvalue weighted by Crippen LogP contribution is -2.63. The van der Waals surface area contributed by atoms with Crippen LogP contribution in [-0.2, 0) is 16.8 Å². The molecule has 0 aromatic heterocycles. The standard InChI is InChI=1S/C17H21NO3/c19-11-5-4-10-7-12-13(16(20)21)9-18-17(15(10)8-11)6-2-1-3-14(12)17/h4-5,8,12-14,18-19H,1-3,6-7,9H2,(H,20,21). The van der Waals surface area contributed by atoms with Gasteiger partial charge < -0.3 is 15.5 Å². The Labute approximate surface area is 124 Å². The van der Waals surface area contributed by atoms with Crippen molar-refractivity contribution in [2.24, 2.45) is 17.8 Å². The molecule has 2 fully saturated rings. The summed E-state index contributed by atoms with van der Waals surface area (Å²) in [4.78, 5) is 11.6. The van der Waals surface area contributed by atoms with Gasteiger partial charge >= 0.3 is 5.97 Å². The predicted molar refractivity (Wildman–Crippen MR) is 78.1 cm³/mol. The van der Waals surface area contributed by atoms with E-state index < -0.39 is 5.97 Å². The van der Waals surface area contributed by atoms with E-state index in [1.165, 1.54) is 24.0 Å². The fourth-order valence-electron chi connectivity index (χ4n) is 5.12. The fraction of sp³-hybridized carbons (Fsp3) is 0.588. The van der Waals surface area contributed by atoms with E-state index in [0.717, 1.165) is 19.3 Å². The van der Waals surface area contributed by atoms with Gasteiger partial charge in [0.15, 0.2) is 0 Å².